The molecule has 1 fully saturated rings. The smallest absolute Gasteiger partial charge is 0.349 e. The summed E-state index contributed by atoms with van der Waals surface area (Å²) in [4.78, 5) is 12.0. The van der Waals surface area contributed by atoms with Crippen molar-refractivity contribution < 1.29 is 14.3 Å². The van der Waals surface area contributed by atoms with E-state index in [1.807, 2.05) is 19.1 Å². The fraction of sp³-hybridized carbons (Fsp3) is 0.667. The zero-order valence-corrected chi connectivity index (χ0v) is 13.4. The van der Waals surface area contributed by atoms with Crippen LogP contribution in [0, 0.1) is 11.3 Å². The predicted octanol–water partition coefficient (Wildman–Crippen LogP) is 3.83. The number of nitriles is 1. The molecule has 1 heterocycles. The van der Waals surface area contributed by atoms with Crippen molar-refractivity contribution >= 4 is 5.97 Å². The predicted molar refractivity (Wildman–Crippen MR) is 84.0 cm³/mol. The molecule has 0 amide bonds. The summed E-state index contributed by atoms with van der Waals surface area (Å²) in [7, 11) is 0. The monoisotopic (exact) mass is 303 g/mol. The highest BCUT2D eigenvalue weighted by Gasteiger charge is 2.20. The maximum Gasteiger partial charge on any atom is 0.349 e. The second kappa shape index (κ2) is 8.75. The molecule has 1 aliphatic carbocycles. The third kappa shape index (κ3) is 4.71. The van der Waals surface area contributed by atoms with Crippen LogP contribution < -0.4 is 0 Å². The van der Waals surface area contributed by atoms with Gasteiger partial charge >= 0.3 is 5.97 Å². The summed E-state index contributed by atoms with van der Waals surface area (Å²) in [5.41, 5.74) is 2.35. The Hall–Kier alpha value is -1.60. The number of allylic oxidation sites excluding steroid dienone is 3. The Morgan fingerprint density at radius 3 is 3.00 bits per heavy atom. The van der Waals surface area contributed by atoms with Crippen molar-refractivity contribution in [3.63, 3.8) is 0 Å². The van der Waals surface area contributed by atoms with E-state index in [-0.39, 0.29) is 5.57 Å². The van der Waals surface area contributed by atoms with Crippen LogP contribution in [-0.4, -0.2) is 25.3 Å². The molecule has 0 saturated carbocycles. The molecule has 0 aromatic carbocycles. The molecule has 1 unspecified atom stereocenters. The molecule has 0 aromatic heterocycles. The number of nitrogens with zero attached hydrogens (tertiary/aromatic N) is 1. The second-order valence-corrected chi connectivity index (χ2v) is 5.98. The van der Waals surface area contributed by atoms with Gasteiger partial charge in [0.05, 0.1) is 12.7 Å². The summed E-state index contributed by atoms with van der Waals surface area (Å²) in [6.45, 7) is 3.19. The molecule has 0 bridgehead atoms. The van der Waals surface area contributed by atoms with Crippen LogP contribution in [0.5, 0.6) is 0 Å². The maximum absolute atomic E-state index is 12.0. The summed E-state index contributed by atoms with van der Waals surface area (Å²) >= 11 is 0. The number of hydrogen-bond donors (Lipinski definition) is 0. The van der Waals surface area contributed by atoms with Crippen molar-refractivity contribution in [2.45, 2.75) is 64.4 Å². The molecule has 0 spiro atoms. The first-order valence-electron chi connectivity index (χ1n) is 8.36. The van der Waals surface area contributed by atoms with Gasteiger partial charge in [0.2, 0.25) is 0 Å². The molecule has 4 heteroatoms. The van der Waals surface area contributed by atoms with E-state index in [9.17, 15) is 10.1 Å². The van der Waals surface area contributed by atoms with E-state index >= 15 is 0 Å². The summed E-state index contributed by atoms with van der Waals surface area (Å²) < 4.78 is 10.8. The Bertz CT molecular complexity index is 493. The average Bonchev–Trinajstić information content (AvgIpc) is 3.05. The van der Waals surface area contributed by atoms with Crippen LogP contribution in [0.15, 0.2) is 22.8 Å². The van der Waals surface area contributed by atoms with Crippen LogP contribution in [-0.2, 0) is 14.3 Å². The van der Waals surface area contributed by atoms with Crippen molar-refractivity contribution in [2.24, 2.45) is 0 Å². The van der Waals surface area contributed by atoms with Crippen LogP contribution in [0.4, 0.5) is 0 Å². The SMILES string of the molecule is CCCOC(=O)/C(C#N)=C1\C=C(CCC2CCCO2)CCC1. The summed E-state index contributed by atoms with van der Waals surface area (Å²) in [6.07, 6.45) is 10.4. The molecule has 0 N–H and O–H groups in total. The Labute approximate surface area is 132 Å². The molecule has 1 aliphatic heterocycles. The van der Waals surface area contributed by atoms with Gasteiger partial charge in [0, 0.05) is 6.61 Å². The van der Waals surface area contributed by atoms with Gasteiger partial charge in [-0.25, -0.2) is 4.79 Å². The molecule has 1 saturated heterocycles. The van der Waals surface area contributed by atoms with E-state index in [0.717, 1.165) is 63.5 Å². The van der Waals surface area contributed by atoms with E-state index < -0.39 is 5.97 Å². The quantitative estimate of drug-likeness (QED) is 0.425. The van der Waals surface area contributed by atoms with Crippen molar-refractivity contribution in [2.75, 3.05) is 13.2 Å². The molecule has 120 valence electrons. The van der Waals surface area contributed by atoms with E-state index in [1.54, 1.807) is 0 Å². The molecule has 1 atom stereocenters. The molecule has 2 rings (SSSR count). The highest BCUT2D eigenvalue weighted by Crippen LogP contribution is 2.29. The van der Waals surface area contributed by atoms with E-state index in [4.69, 9.17) is 9.47 Å². The van der Waals surface area contributed by atoms with E-state index in [2.05, 4.69) is 0 Å². The lowest BCUT2D eigenvalue weighted by molar-refractivity contribution is -0.138. The Morgan fingerprint density at radius 1 is 1.45 bits per heavy atom. The number of esters is 1. The zero-order valence-electron chi connectivity index (χ0n) is 13.4. The lowest BCUT2D eigenvalue weighted by Gasteiger charge is -2.18. The van der Waals surface area contributed by atoms with Crippen molar-refractivity contribution in [1.82, 2.24) is 0 Å². The Balaban J connectivity index is 2.01. The van der Waals surface area contributed by atoms with Gasteiger partial charge in [0.1, 0.15) is 11.6 Å². The summed E-state index contributed by atoms with van der Waals surface area (Å²) in [5, 5.41) is 9.28. The number of hydrogen-bond acceptors (Lipinski definition) is 4. The largest absolute Gasteiger partial charge is 0.462 e. The highest BCUT2D eigenvalue weighted by atomic mass is 16.5. The van der Waals surface area contributed by atoms with E-state index in [0.29, 0.717) is 12.7 Å². The van der Waals surface area contributed by atoms with Gasteiger partial charge in [-0.1, -0.05) is 18.6 Å². The van der Waals surface area contributed by atoms with Gasteiger partial charge in [-0.15, -0.1) is 0 Å². The van der Waals surface area contributed by atoms with Crippen LogP contribution in [0.3, 0.4) is 0 Å². The second-order valence-electron chi connectivity index (χ2n) is 5.98. The first kappa shape index (κ1) is 16.8. The Kier molecular flexibility index (Phi) is 6.67. The zero-order chi connectivity index (χ0) is 15.8. The molecular formula is C18H25NO3. The minimum atomic E-state index is -0.476. The molecule has 2 aliphatic rings. The van der Waals surface area contributed by atoms with Gasteiger partial charge < -0.3 is 9.47 Å². The number of carbonyl (C=O) groups is 1. The van der Waals surface area contributed by atoms with Crippen LogP contribution in [0.1, 0.15) is 58.3 Å². The fourth-order valence-electron chi connectivity index (χ4n) is 3.02. The van der Waals surface area contributed by atoms with Crippen LogP contribution in [0.25, 0.3) is 0 Å². The maximum atomic E-state index is 12.0. The molecule has 0 radical (unpaired) electrons. The van der Waals surface area contributed by atoms with Gasteiger partial charge in [0.25, 0.3) is 0 Å². The fourth-order valence-corrected chi connectivity index (χ4v) is 3.02. The van der Waals surface area contributed by atoms with Crippen molar-refractivity contribution in [3.05, 3.63) is 22.8 Å². The van der Waals surface area contributed by atoms with Gasteiger partial charge in [-0.2, -0.15) is 5.26 Å². The van der Waals surface area contributed by atoms with Gasteiger partial charge in [-0.3, -0.25) is 0 Å². The number of carbonyl (C=O) groups excluding carboxylic acids is 1. The summed E-state index contributed by atoms with van der Waals surface area (Å²) in [6, 6.07) is 2.03. The third-order valence-electron chi connectivity index (χ3n) is 4.21. The normalized spacial score (nSPS) is 23.6. The van der Waals surface area contributed by atoms with Crippen molar-refractivity contribution in [1.29, 1.82) is 5.26 Å². The van der Waals surface area contributed by atoms with E-state index in [1.165, 1.54) is 5.57 Å². The number of ether oxygens (including phenoxy) is 2. The minimum Gasteiger partial charge on any atom is -0.462 e. The number of rotatable bonds is 6. The summed E-state index contributed by atoms with van der Waals surface area (Å²) in [5.74, 6) is -0.476. The van der Waals surface area contributed by atoms with Crippen LogP contribution >= 0.6 is 0 Å². The average molecular weight is 303 g/mol. The molecule has 22 heavy (non-hydrogen) atoms. The van der Waals surface area contributed by atoms with Crippen molar-refractivity contribution in [3.8, 4) is 6.07 Å². The standard InChI is InChI=1S/C18H25NO3/c1-2-10-22-18(20)17(13-19)15-6-3-5-14(12-15)8-9-16-7-4-11-21-16/h12,16H,2-11H2,1H3/b17-15-. The minimum absolute atomic E-state index is 0.183. The third-order valence-corrected chi connectivity index (χ3v) is 4.21. The van der Waals surface area contributed by atoms with Crippen LogP contribution in [0.2, 0.25) is 0 Å². The van der Waals surface area contributed by atoms with Gasteiger partial charge in [0.15, 0.2) is 0 Å². The highest BCUT2D eigenvalue weighted by molar-refractivity contribution is 5.94. The topological polar surface area (TPSA) is 59.3 Å². The lowest BCUT2D eigenvalue weighted by atomic mass is 9.89. The lowest BCUT2D eigenvalue weighted by Crippen LogP contribution is -2.11. The first-order chi connectivity index (χ1) is 10.7. The Morgan fingerprint density at radius 2 is 2.32 bits per heavy atom. The van der Waals surface area contributed by atoms with Gasteiger partial charge in [-0.05, 0) is 56.9 Å². The molecule has 4 nitrogen and oxygen atoms in total. The molecule has 0 aromatic rings. The first-order valence-corrected chi connectivity index (χ1v) is 8.36. The molecular weight excluding hydrogens is 278 g/mol.